The molecule has 0 radical (unpaired) electrons. The number of unbranched alkanes of at least 4 members (excludes halogenated alkanes) is 17. The van der Waals surface area contributed by atoms with Crippen LogP contribution in [0.2, 0.25) is 0 Å². The van der Waals surface area contributed by atoms with Crippen molar-refractivity contribution in [2.24, 2.45) is 23.7 Å². The van der Waals surface area contributed by atoms with Gasteiger partial charge in [0.25, 0.3) is 0 Å². The molecule has 1 fully saturated rings. The second-order valence-corrected chi connectivity index (χ2v) is 20.1. The van der Waals surface area contributed by atoms with E-state index in [0.717, 1.165) is 67.3 Å². The molecule has 4 atom stereocenters. The molecule has 0 aromatic rings. The maximum absolute atomic E-state index is 11.8. The standard InChI is InChI=1S/C29H56O.C22H40O3S2/c1-5-7-9-12-18-22-29-26(4)27(23-24-28(29)21-15-8-6-2)20-17-14-11-10-13-16-19-25(3)30;1-3-5-6-7-8-9-10-12-20(23)15-17-27-19-22(25)14-11-13-21(24)18-26-16-4-2/h26-29H,5-24H2,1-4H3;3-19H2,1-2H3. The summed E-state index contributed by atoms with van der Waals surface area (Å²) < 4.78 is 0. The highest BCUT2D eigenvalue weighted by Crippen LogP contribution is 2.45. The molecule has 1 rings (SSSR count). The summed E-state index contributed by atoms with van der Waals surface area (Å²) in [5.74, 6) is 7.95. The summed E-state index contributed by atoms with van der Waals surface area (Å²) in [7, 11) is 0. The van der Waals surface area contributed by atoms with Crippen LogP contribution in [0, 0.1) is 23.7 Å². The Morgan fingerprint density at radius 2 is 0.842 bits per heavy atom. The Morgan fingerprint density at radius 3 is 1.40 bits per heavy atom. The van der Waals surface area contributed by atoms with Crippen molar-refractivity contribution in [3.8, 4) is 0 Å². The van der Waals surface area contributed by atoms with Crippen LogP contribution in [0.1, 0.15) is 253 Å². The Balaban J connectivity index is 0.00000111. The number of carbonyl (C=O) groups is 4. The van der Waals surface area contributed by atoms with E-state index in [9.17, 15) is 19.2 Å². The first-order valence-corrected chi connectivity index (χ1v) is 27.2. The van der Waals surface area contributed by atoms with E-state index in [4.69, 9.17) is 0 Å². The molecule has 336 valence electrons. The Hall–Kier alpha value is -0.620. The quantitative estimate of drug-likeness (QED) is 0.0573. The van der Waals surface area contributed by atoms with Gasteiger partial charge in [0.1, 0.15) is 23.1 Å². The van der Waals surface area contributed by atoms with Gasteiger partial charge in [-0.15, -0.1) is 0 Å². The minimum Gasteiger partial charge on any atom is -0.300 e. The van der Waals surface area contributed by atoms with E-state index < -0.39 is 0 Å². The first-order chi connectivity index (χ1) is 27.7. The van der Waals surface area contributed by atoms with Gasteiger partial charge < -0.3 is 4.79 Å². The molecule has 1 saturated carbocycles. The molecule has 0 amide bonds. The van der Waals surface area contributed by atoms with Gasteiger partial charge in [-0.1, -0.05) is 169 Å². The number of hydrogen-bond acceptors (Lipinski definition) is 6. The largest absolute Gasteiger partial charge is 0.300 e. The lowest BCUT2D eigenvalue weighted by molar-refractivity contribution is -0.119. The second-order valence-electron chi connectivity index (χ2n) is 17.9. The molecule has 4 nitrogen and oxygen atoms in total. The summed E-state index contributed by atoms with van der Waals surface area (Å²) in [6.45, 7) is 13.3. The normalized spacial score (nSPS) is 17.9. The minimum absolute atomic E-state index is 0.202. The molecule has 6 heteroatoms. The zero-order chi connectivity index (χ0) is 42.2. The third-order valence-electron chi connectivity index (χ3n) is 12.5. The van der Waals surface area contributed by atoms with E-state index in [1.807, 2.05) is 0 Å². The van der Waals surface area contributed by atoms with Crippen molar-refractivity contribution < 1.29 is 19.2 Å². The fraction of sp³-hybridized carbons (Fsp3) is 0.922. The van der Waals surface area contributed by atoms with E-state index in [1.165, 1.54) is 148 Å². The molecule has 0 bridgehead atoms. The van der Waals surface area contributed by atoms with Crippen LogP contribution >= 0.6 is 23.5 Å². The van der Waals surface area contributed by atoms with Crippen LogP contribution in [0.4, 0.5) is 0 Å². The number of carbonyl (C=O) groups excluding carboxylic acids is 4. The fourth-order valence-corrected chi connectivity index (χ4v) is 10.5. The van der Waals surface area contributed by atoms with Crippen LogP contribution < -0.4 is 0 Å². The zero-order valence-electron chi connectivity index (χ0n) is 38.9. The van der Waals surface area contributed by atoms with Crippen LogP contribution in [0.15, 0.2) is 0 Å². The third-order valence-corrected chi connectivity index (χ3v) is 14.7. The van der Waals surface area contributed by atoms with Crippen molar-refractivity contribution in [1.29, 1.82) is 0 Å². The van der Waals surface area contributed by atoms with Gasteiger partial charge in [-0.25, -0.2) is 0 Å². The third kappa shape index (κ3) is 35.8. The molecule has 0 saturated heterocycles. The van der Waals surface area contributed by atoms with Crippen LogP contribution in [-0.2, 0) is 19.2 Å². The molecule has 4 unspecified atom stereocenters. The monoisotopic (exact) mass is 837 g/mol. The molecule has 1 aliphatic carbocycles. The van der Waals surface area contributed by atoms with Crippen LogP contribution in [0.3, 0.4) is 0 Å². The summed E-state index contributed by atoms with van der Waals surface area (Å²) in [4.78, 5) is 46.3. The fourth-order valence-electron chi connectivity index (χ4n) is 8.81. The first-order valence-electron chi connectivity index (χ1n) is 24.9. The number of hydrogen-bond donors (Lipinski definition) is 0. The predicted molar refractivity (Wildman–Crippen MR) is 255 cm³/mol. The van der Waals surface area contributed by atoms with Crippen LogP contribution in [0.5, 0.6) is 0 Å². The maximum atomic E-state index is 11.8. The SMILES string of the molecule is CCCCCCCC1C(CCCCC)CCC(CCCCCCCCC(C)=O)C1C.CCCCCCCCCC(=O)CCSCC(=O)CCCC(=O)CSCCC. The molecule has 0 N–H and O–H groups in total. The predicted octanol–water partition coefficient (Wildman–Crippen LogP) is 16.2. The van der Waals surface area contributed by atoms with Gasteiger partial charge >= 0.3 is 0 Å². The van der Waals surface area contributed by atoms with E-state index >= 15 is 0 Å². The topological polar surface area (TPSA) is 68.3 Å². The molecule has 57 heavy (non-hydrogen) atoms. The Bertz CT molecular complexity index is 952. The highest BCUT2D eigenvalue weighted by atomic mass is 32.2. The number of Topliss-reactive ketones (excluding diaryl/α,β-unsaturated/α-hetero) is 4. The lowest BCUT2D eigenvalue weighted by Gasteiger charge is -2.42. The lowest BCUT2D eigenvalue weighted by Crippen LogP contribution is -2.33. The summed E-state index contributed by atoms with van der Waals surface area (Å²) in [6.07, 6.45) is 40.3. The number of thioether (sulfide) groups is 2. The van der Waals surface area contributed by atoms with Crippen molar-refractivity contribution in [2.45, 2.75) is 253 Å². The van der Waals surface area contributed by atoms with Gasteiger partial charge in [0, 0.05) is 37.9 Å². The molecular weight excluding hydrogens is 741 g/mol. The number of rotatable bonds is 40. The minimum atomic E-state index is 0.202. The summed E-state index contributed by atoms with van der Waals surface area (Å²) in [5, 5.41) is 0. The van der Waals surface area contributed by atoms with E-state index in [-0.39, 0.29) is 11.6 Å². The van der Waals surface area contributed by atoms with Gasteiger partial charge in [0.05, 0.1) is 11.5 Å². The molecule has 0 spiro atoms. The molecular formula is C51H96O4S2. The van der Waals surface area contributed by atoms with E-state index in [1.54, 1.807) is 30.4 Å². The smallest absolute Gasteiger partial charge is 0.142 e. The van der Waals surface area contributed by atoms with E-state index in [2.05, 4.69) is 34.6 Å². The molecule has 0 aromatic heterocycles. The van der Waals surface area contributed by atoms with Crippen molar-refractivity contribution in [2.75, 3.05) is 23.0 Å². The Labute approximate surface area is 364 Å². The average molecular weight is 837 g/mol. The van der Waals surface area contributed by atoms with Crippen molar-refractivity contribution in [3.63, 3.8) is 0 Å². The molecule has 0 aromatic carbocycles. The van der Waals surface area contributed by atoms with Gasteiger partial charge in [-0.2, -0.15) is 23.5 Å². The maximum Gasteiger partial charge on any atom is 0.142 e. The van der Waals surface area contributed by atoms with Gasteiger partial charge in [-0.3, -0.25) is 14.4 Å². The van der Waals surface area contributed by atoms with Gasteiger partial charge in [0.2, 0.25) is 0 Å². The van der Waals surface area contributed by atoms with Crippen molar-refractivity contribution >= 4 is 46.7 Å². The van der Waals surface area contributed by atoms with Crippen LogP contribution in [-0.4, -0.2) is 46.1 Å². The molecule has 1 aliphatic rings. The molecule has 0 heterocycles. The highest BCUT2D eigenvalue weighted by molar-refractivity contribution is 8.00. The highest BCUT2D eigenvalue weighted by Gasteiger charge is 2.35. The van der Waals surface area contributed by atoms with Gasteiger partial charge in [0.15, 0.2) is 0 Å². The second kappa shape index (κ2) is 42.1. The van der Waals surface area contributed by atoms with E-state index in [0.29, 0.717) is 55.2 Å². The summed E-state index contributed by atoms with van der Waals surface area (Å²) in [6, 6.07) is 0. The van der Waals surface area contributed by atoms with Crippen molar-refractivity contribution in [1.82, 2.24) is 0 Å². The Kier molecular flexibility index (Phi) is 41.6. The van der Waals surface area contributed by atoms with Crippen LogP contribution in [0.25, 0.3) is 0 Å². The average Bonchev–Trinajstić information content (AvgIpc) is 3.19. The lowest BCUT2D eigenvalue weighted by atomic mass is 9.63. The van der Waals surface area contributed by atoms with Gasteiger partial charge in [-0.05, 0) is 81.3 Å². The zero-order valence-corrected chi connectivity index (χ0v) is 40.6. The Morgan fingerprint density at radius 1 is 0.421 bits per heavy atom. The molecule has 0 aliphatic heterocycles. The van der Waals surface area contributed by atoms with Crippen molar-refractivity contribution in [3.05, 3.63) is 0 Å². The summed E-state index contributed by atoms with van der Waals surface area (Å²) >= 11 is 3.24. The number of ketones is 4. The first kappa shape index (κ1) is 56.4. The summed E-state index contributed by atoms with van der Waals surface area (Å²) in [5.41, 5.74) is 0.